The molecule has 94 valence electrons. The number of anilines is 1. The van der Waals surface area contributed by atoms with Crippen LogP contribution in [0.5, 0.6) is 0 Å². The molecule has 18 heavy (non-hydrogen) atoms. The van der Waals surface area contributed by atoms with Crippen molar-refractivity contribution in [3.05, 3.63) is 30.6 Å². The van der Waals surface area contributed by atoms with Crippen LogP contribution in [0.3, 0.4) is 0 Å². The van der Waals surface area contributed by atoms with Crippen molar-refractivity contribution in [3.8, 4) is 11.3 Å². The third kappa shape index (κ3) is 1.88. The lowest BCUT2D eigenvalue weighted by Gasteiger charge is -2.28. The number of hydrogen-bond acceptors (Lipinski definition) is 3. The molecule has 0 aromatic carbocycles. The molecule has 1 atom stereocenters. The fourth-order valence-corrected chi connectivity index (χ4v) is 2.52. The van der Waals surface area contributed by atoms with Crippen molar-refractivity contribution >= 4 is 5.82 Å². The molecule has 0 aliphatic carbocycles. The Kier molecular flexibility index (Phi) is 2.78. The zero-order valence-corrected chi connectivity index (χ0v) is 10.8. The summed E-state index contributed by atoms with van der Waals surface area (Å²) in [6.07, 6.45) is 4.78. The Morgan fingerprint density at radius 1 is 1.44 bits per heavy atom. The second-order valence-electron chi connectivity index (χ2n) is 5.13. The van der Waals surface area contributed by atoms with Crippen molar-refractivity contribution in [2.24, 2.45) is 5.92 Å². The number of nitrogens with one attached hydrogen (secondary N) is 1. The summed E-state index contributed by atoms with van der Waals surface area (Å²) in [7, 11) is 0. The summed E-state index contributed by atoms with van der Waals surface area (Å²) in [6.45, 7) is 5.54. The lowest BCUT2D eigenvalue weighted by atomic mass is 10.00. The highest BCUT2D eigenvalue weighted by Gasteiger charge is 2.24. The van der Waals surface area contributed by atoms with Gasteiger partial charge < -0.3 is 5.32 Å². The van der Waals surface area contributed by atoms with E-state index < -0.39 is 0 Å². The second kappa shape index (κ2) is 4.44. The SMILES string of the molecule is CC(C)C1CCNc2cc(-c3cccnc3)nn21. The van der Waals surface area contributed by atoms with Gasteiger partial charge in [-0.05, 0) is 24.5 Å². The molecular formula is C14H18N4. The predicted octanol–water partition coefficient (Wildman–Crippen LogP) is 2.96. The van der Waals surface area contributed by atoms with E-state index >= 15 is 0 Å². The third-order valence-electron chi connectivity index (χ3n) is 3.52. The maximum atomic E-state index is 4.74. The maximum absolute atomic E-state index is 4.74. The highest BCUT2D eigenvalue weighted by Crippen LogP contribution is 2.32. The van der Waals surface area contributed by atoms with Gasteiger partial charge in [-0.25, -0.2) is 4.68 Å². The van der Waals surface area contributed by atoms with Gasteiger partial charge in [-0.1, -0.05) is 13.8 Å². The predicted molar refractivity (Wildman–Crippen MR) is 72.4 cm³/mol. The van der Waals surface area contributed by atoms with Gasteiger partial charge in [0.25, 0.3) is 0 Å². The normalized spacial score (nSPS) is 18.5. The van der Waals surface area contributed by atoms with E-state index in [0.717, 1.165) is 30.0 Å². The van der Waals surface area contributed by atoms with Gasteiger partial charge in [0, 0.05) is 30.6 Å². The minimum absolute atomic E-state index is 0.492. The largest absolute Gasteiger partial charge is 0.370 e. The number of fused-ring (bicyclic) bond motifs is 1. The zero-order valence-electron chi connectivity index (χ0n) is 10.8. The number of hydrogen-bond donors (Lipinski definition) is 1. The zero-order chi connectivity index (χ0) is 12.5. The fraction of sp³-hybridized carbons (Fsp3) is 0.429. The van der Waals surface area contributed by atoms with Gasteiger partial charge in [-0.15, -0.1) is 0 Å². The summed E-state index contributed by atoms with van der Waals surface area (Å²) in [5, 5.41) is 8.16. The van der Waals surface area contributed by atoms with Gasteiger partial charge in [-0.2, -0.15) is 5.10 Å². The fourth-order valence-electron chi connectivity index (χ4n) is 2.52. The summed E-state index contributed by atoms with van der Waals surface area (Å²) in [5.41, 5.74) is 2.07. The number of pyridine rings is 1. The van der Waals surface area contributed by atoms with Crippen molar-refractivity contribution < 1.29 is 0 Å². The van der Waals surface area contributed by atoms with Crippen molar-refractivity contribution in [1.29, 1.82) is 0 Å². The molecule has 4 heteroatoms. The molecule has 0 fully saturated rings. The molecule has 0 amide bonds. The van der Waals surface area contributed by atoms with Crippen LogP contribution in [-0.2, 0) is 0 Å². The molecule has 2 aromatic heterocycles. The van der Waals surface area contributed by atoms with Crippen LogP contribution in [0.2, 0.25) is 0 Å². The minimum Gasteiger partial charge on any atom is -0.370 e. The number of nitrogens with zero attached hydrogens (tertiary/aromatic N) is 3. The Labute approximate surface area is 107 Å². The van der Waals surface area contributed by atoms with Crippen LogP contribution in [-0.4, -0.2) is 21.3 Å². The van der Waals surface area contributed by atoms with E-state index in [-0.39, 0.29) is 0 Å². The average Bonchev–Trinajstić information content (AvgIpc) is 2.83. The molecule has 3 heterocycles. The highest BCUT2D eigenvalue weighted by atomic mass is 15.4. The summed E-state index contributed by atoms with van der Waals surface area (Å²) in [4.78, 5) is 4.15. The number of rotatable bonds is 2. The van der Waals surface area contributed by atoms with Gasteiger partial charge in [0.1, 0.15) is 5.82 Å². The molecule has 0 saturated carbocycles. The van der Waals surface area contributed by atoms with Gasteiger partial charge in [0.15, 0.2) is 0 Å². The van der Waals surface area contributed by atoms with Crippen LogP contribution in [0.1, 0.15) is 26.3 Å². The van der Waals surface area contributed by atoms with Crippen LogP contribution >= 0.6 is 0 Å². The molecule has 1 N–H and O–H groups in total. The first-order chi connectivity index (χ1) is 8.75. The molecule has 0 bridgehead atoms. The lowest BCUT2D eigenvalue weighted by molar-refractivity contribution is 0.323. The second-order valence-corrected chi connectivity index (χ2v) is 5.13. The highest BCUT2D eigenvalue weighted by molar-refractivity contribution is 5.62. The molecule has 1 aliphatic rings. The molecule has 4 nitrogen and oxygen atoms in total. The molecular weight excluding hydrogens is 224 g/mol. The van der Waals surface area contributed by atoms with Crippen molar-refractivity contribution in [2.45, 2.75) is 26.3 Å². The van der Waals surface area contributed by atoms with E-state index in [9.17, 15) is 0 Å². The molecule has 2 aromatic rings. The van der Waals surface area contributed by atoms with Crippen LogP contribution in [0.4, 0.5) is 5.82 Å². The Morgan fingerprint density at radius 2 is 2.33 bits per heavy atom. The molecule has 1 aliphatic heterocycles. The first kappa shape index (κ1) is 11.3. The van der Waals surface area contributed by atoms with Crippen molar-refractivity contribution in [2.75, 3.05) is 11.9 Å². The van der Waals surface area contributed by atoms with Gasteiger partial charge in [0.05, 0.1) is 11.7 Å². The Bertz CT molecular complexity index is 530. The van der Waals surface area contributed by atoms with Crippen LogP contribution in [0, 0.1) is 5.92 Å². The standard InChI is InChI=1S/C14H18N4/c1-10(2)13-5-7-16-14-8-12(17-18(13)14)11-4-3-6-15-9-11/h3-4,6,8-10,13,16H,5,7H2,1-2H3. The third-order valence-corrected chi connectivity index (χ3v) is 3.52. The van der Waals surface area contributed by atoms with Crippen molar-refractivity contribution in [3.63, 3.8) is 0 Å². The number of aromatic nitrogens is 3. The van der Waals surface area contributed by atoms with Crippen molar-refractivity contribution in [1.82, 2.24) is 14.8 Å². The molecule has 0 saturated heterocycles. The smallest absolute Gasteiger partial charge is 0.125 e. The summed E-state index contributed by atoms with van der Waals surface area (Å²) in [6, 6.07) is 6.60. The van der Waals surface area contributed by atoms with E-state index in [1.165, 1.54) is 0 Å². The van der Waals surface area contributed by atoms with Gasteiger partial charge >= 0.3 is 0 Å². The lowest BCUT2D eigenvalue weighted by Crippen LogP contribution is -2.26. The van der Waals surface area contributed by atoms with E-state index in [1.54, 1.807) is 6.20 Å². The Balaban J connectivity index is 2.01. The van der Waals surface area contributed by atoms with Crippen LogP contribution in [0.15, 0.2) is 30.6 Å². The molecule has 1 unspecified atom stereocenters. The monoisotopic (exact) mass is 242 g/mol. The summed E-state index contributed by atoms with van der Waals surface area (Å²) in [5.74, 6) is 1.73. The first-order valence-electron chi connectivity index (χ1n) is 6.49. The summed E-state index contributed by atoms with van der Waals surface area (Å²) >= 11 is 0. The van der Waals surface area contributed by atoms with Gasteiger partial charge in [-0.3, -0.25) is 4.98 Å². The Hall–Kier alpha value is -1.84. The molecule has 0 radical (unpaired) electrons. The van der Waals surface area contributed by atoms with E-state index in [0.29, 0.717) is 12.0 Å². The van der Waals surface area contributed by atoms with Gasteiger partial charge in [0.2, 0.25) is 0 Å². The molecule has 0 spiro atoms. The average molecular weight is 242 g/mol. The maximum Gasteiger partial charge on any atom is 0.125 e. The first-order valence-corrected chi connectivity index (χ1v) is 6.49. The Morgan fingerprint density at radius 3 is 3.06 bits per heavy atom. The van der Waals surface area contributed by atoms with Crippen LogP contribution in [0.25, 0.3) is 11.3 Å². The minimum atomic E-state index is 0.492. The van der Waals surface area contributed by atoms with E-state index in [4.69, 9.17) is 5.10 Å². The topological polar surface area (TPSA) is 42.7 Å². The van der Waals surface area contributed by atoms with E-state index in [1.807, 2.05) is 18.3 Å². The van der Waals surface area contributed by atoms with Crippen LogP contribution < -0.4 is 5.32 Å². The molecule has 3 rings (SSSR count). The van der Waals surface area contributed by atoms with E-state index in [2.05, 4.69) is 34.9 Å². The summed E-state index contributed by atoms with van der Waals surface area (Å²) < 4.78 is 2.14. The quantitative estimate of drug-likeness (QED) is 0.880.